The van der Waals surface area contributed by atoms with E-state index in [4.69, 9.17) is 5.84 Å². The predicted octanol–water partition coefficient (Wildman–Crippen LogP) is -1.92. The molecule has 4 N–H and O–H groups in total. The number of amides is 2. The quantitative estimate of drug-likeness (QED) is 0.220. The van der Waals surface area contributed by atoms with Crippen molar-refractivity contribution in [2.24, 2.45) is 5.84 Å². The van der Waals surface area contributed by atoms with Crippen molar-refractivity contribution in [2.75, 3.05) is 0 Å². The van der Waals surface area contributed by atoms with Crippen molar-refractivity contribution in [3.63, 3.8) is 0 Å². The monoisotopic (exact) mass is 195 g/mol. The molecule has 74 valence electrons. The van der Waals surface area contributed by atoms with Gasteiger partial charge in [0.25, 0.3) is 0 Å². The summed E-state index contributed by atoms with van der Waals surface area (Å²) in [5, 5.41) is 2.33. The number of carbonyl (C=O) groups excluding carboxylic acids is 2. The first-order chi connectivity index (χ1) is 6.74. The number of hydrogen-bond donors (Lipinski definition) is 3. The number of nitrogens with zero attached hydrogens (tertiary/aromatic N) is 2. The first kappa shape index (κ1) is 10.1. The van der Waals surface area contributed by atoms with Crippen LogP contribution in [0.15, 0.2) is 18.6 Å². The zero-order valence-corrected chi connectivity index (χ0v) is 7.23. The van der Waals surface area contributed by atoms with Crippen LogP contribution in [0.2, 0.25) is 0 Å². The Kier molecular flexibility index (Phi) is 3.50. The minimum Gasteiger partial charge on any atom is -0.342 e. The van der Waals surface area contributed by atoms with Crippen molar-refractivity contribution in [1.82, 2.24) is 20.7 Å². The number of aromatic nitrogens is 2. The second kappa shape index (κ2) is 4.87. The van der Waals surface area contributed by atoms with Crippen LogP contribution in [0, 0.1) is 0 Å². The minimum absolute atomic E-state index is 0.161. The van der Waals surface area contributed by atoms with Crippen LogP contribution >= 0.6 is 0 Å². The average Bonchev–Trinajstić information content (AvgIpc) is 2.26. The van der Waals surface area contributed by atoms with Gasteiger partial charge in [-0.1, -0.05) is 0 Å². The van der Waals surface area contributed by atoms with E-state index in [1.54, 1.807) is 11.5 Å². The molecule has 1 aromatic rings. The zero-order chi connectivity index (χ0) is 10.4. The molecule has 0 radical (unpaired) electrons. The fourth-order valence-electron chi connectivity index (χ4n) is 0.739. The Labute approximate surface area is 79.7 Å². The molecule has 14 heavy (non-hydrogen) atoms. The Balaban J connectivity index is 2.42. The molecule has 0 atom stereocenters. The van der Waals surface area contributed by atoms with E-state index >= 15 is 0 Å². The van der Waals surface area contributed by atoms with E-state index in [0.29, 0.717) is 5.69 Å². The largest absolute Gasteiger partial charge is 0.342 e. The van der Waals surface area contributed by atoms with Crippen LogP contribution in [0.3, 0.4) is 0 Å². The molecule has 1 rings (SSSR count). The highest BCUT2D eigenvalue weighted by Gasteiger charge is 2.10. The lowest BCUT2D eigenvalue weighted by Crippen LogP contribution is -2.42. The molecule has 0 aliphatic heterocycles. The number of nitrogens with one attached hydrogen (secondary N) is 2. The number of carbonyl (C=O) groups is 2. The van der Waals surface area contributed by atoms with Gasteiger partial charge in [0.1, 0.15) is 6.33 Å². The van der Waals surface area contributed by atoms with Crippen LogP contribution < -0.4 is 16.6 Å². The standard InChI is InChI=1S/C7H9N5O2/c8-12-7(14)6(13)10-3-5-1-2-9-4-11-5/h1-2,4H,3,8H2,(H,10,13)(H,12,14). The zero-order valence-electron chi connectivity index (χ0n) is 7.23. The summed E-state index contributed by atoms with van der Waals surface area (Å²) >= 11 is 0. The highest BCUT2D eigenvalue weighted by atomic mass is 16.2. The molecule has 0 saturated carbocycles. The molecule has 0 unspecified atom stereocenters. The highest BCUT2D eigenvalue weighted by Crippen LogP contribution is 1.88. The van der Waals surface area contributed by atoms with E-state index in [0.717, 1.165) is 0 Å². The SMILES string of the molecule is NNC(=O)C(=O)NCc1ccncn1. The van der Waals surface area contributed by atoms with E-state index in [1.807, 2.05) is 0 Å². The third-order valence-corrected chi connectivity index (χ3v) is 1.41. The predicted molar refractivity (Wildman–Crippen MR) is 46.2 cm³/mol. The maximum absolute atomic E-state index is 10.9. The normalized spacial score (nSPS) is 9.21. The van der Waals surface area contributed by atoms with Gasteiger partial charge in [0.15, 0.2) is 0 Å². The van der Waals surface area contributed by atoms with Crippen LogP contribution in [0.25, 0.3) is 0 Å². The highest BCUT2D eigenvalue weighted by molar-refractivity contribution is 6.34. The van der Waals surface area contributed by atoms with Gasteiger partial charge in [0, 0.05) is 6.20 Å². The molecule has 0 bridgehead atoms. The van der Waals surface area contributed by atoms with Crippen LogP contribution in [0.1, 0.15) is 5.69 Å². The molecule has 7 heteroatoms. The number of hydrogen-bond acceptors (Lipinski definition) is 5. The fourth-order valence-corrected chi connectivity index (χ4v) is 0.739. The van der Waals surface area contributed by atoms with Crippen LogP contribution in [0.4, 0.5) is 0 Å². The number of hydrazine groups is 1. The molecule has 0 aromatic carbocycles. The maximum Gasteiger partial charge on any atom is 0.323 e. The Morgan fingerprint density at radius 2 is 2.21 bits per heavy atom. The van der Waals surface area contributed by atoms with Crippen molar-refractivity contribution in [2.45, 2.75) is 6.54 Å². The summed E-state index contributed by atoms with van der Waals surface area (Å²) in [6.45, 7) is 0.161. The number of rotatable bonds is 2. The summed E-state index contributed by atoms with van der Waals surface area (Å²) in [4.78, 5) is 29.1. The second-order valence-electron chi connectivity index (χ2n) is 2.36. The molecule has 0 aliphatic rings. The Morgan fingerprint density at radius 1 is 1.43 bits per heavy atom. The van der Waals surface area contributed by atoms with Crippen molar-refractivity contribution >= 4 is 11.8 Å². The molecule has 2 amide bonds. The molecule has 1 heterocycles. The van der Waals surface area contributed by atoms with Gasteiger partial charge in [0.05, 0.1) is 12.2 Å². The van der Waals surface area contributed by atoms with Crippen LogP contribution in [-0.2, 0) is 16.1 Å². The van der Waals surface area contributed by atoms with Gasteiger partial charge in [0.2, 0.25) is 0 Å². The van der Waals surface area contributed by atoms with Crippen molar-refractivity contribution in [3.8, 4) is 0 Å². The van der Waals surface area contributed by atoms with Gasteiger partial charge in [-0.3, -0.25) is 15.0 Å². The molecule has 7 nitrogen and oxygen atoms in total. The first-order valence-electron chi connectivity index (χ1n) is 3.77. The third kappa shape index (κ3) is 2.79. The summed E-state index contributed by atoms with van der Waals surface area (Å²) < 4.78 is 0. The van der Waals surface area contributed by atoms with Gasteiger partial charge in [-0.25, -0.2) is 15.8 Å². The second-order valence-corrected chi connectivity index (χ2v) is 2.36. The van der Waals surface area contributed by atoms with Gasteiger partial charge < -0.3 is 5.32 Å². The molecular formula is C7H9N5O2. The Bertz CT molecular complexity index is 326. The Hall–Kier alpha value is -2.02. The molecule has 0 aliphatic carbocycles. The van der Waals surface area contributed by atoms with Gasteiger partial charge in [-0.2, -0.15) is 0 Å². The van der Waals surface area contributed by atoms with Gasteiger partial charge >= 0.3 is 11.8 Å². The van der Waals surface area contributed by atoms with Crippen LogP contribution in [0.5, 0.6) is 0 Å². The van der Waals surface area contributed by atoms with Crippen LogP contribution in [-0.4, -0.2) is 21.8 Å². The lowest BCUT2D eigenvalue weighted by molar-refractivity contribution is -0.139. The molecule has 0 fully saturated rings. The summed E-state index contributed by atoms with van der Waals surface area (Å²) in [7, 11) is 0. The molecular weight excluding hydrogens is 186 g/mol. The van der Waals surface area contributed by atoms with Crippen molar-refractivity contribution < 1.29 is 9.59 Å². The summed E-state index contributed by atoms with van der Waals surface area (Å²) in [5.74, 6) is 3.07. The fraction of sp³-hybridized carbons (Fsp3) is 0.143. The number of nitrogens with two attached hydrogens (primary N) is 1. The topological polar surface area (TPSA) is 110 Å². The lowest BCUT2D eigenvalue weighted by atomic mass is 10.4. The summed E-state index contributed by atoms with van der Waals surface area (Å²) in [5.41, 5.74) is 2.33. The van der Waals surface area contributed by atoms with Crippen molar-refractivity contribution in [3.05, 3.63) is 24.3 Å². The Morgan fingerprint density at radius 3 is 2.79 bits per heavy atom. The van der Waals surface area contributed by atoms with E-state index in [1.165, 1.54) is 12.5 Å². The smallest absolute Gasteiger partial charge is 0.323 e. The van der Waals surface area contributed by atoms with Crippen molar-refractivity contribution in [1.29, 1.82) is 0 Å². The van der Waals surface area contributed by atoms with E-state index in [9.17, 15) is 9.59 Å². The average molecular weight is 195 g/mol. The third-order valence-electron chi connectivity index (χ3n) is 1.41. The van der Waals surface area contributed by atoms with E-state index < -0.39 is 11.8 Å². The lowest BCUT2D eigenvalue weighted by Gasteiger charge is -2.02. The molecule has 0 spiro atoms. The molecule has 1 aromatic heterocycles. The van der Waals surface area contributed by atoms with Gasteiger partial charge in [-0.05, 0) is 6.07 Å². The van der Waals surface area contributed by atoms with Gasteiger partial charge in [-0.15, -0.1) is 0 Å². The van der Waals surface area contributed by atoms with E-state index in [2.05, 4.69) is 15.3 Å². The molecule has 0 saturated heterocycles. The summed E-state index contributed by atoms with van der Waals surface area (Å²) in [6.07, 6.45) is 2.89. The summed E-state index contributed by atoms with van der Waals surface area (Å²) in [6, 6.07) is 1.63. The first-order valence-corrected chi connectivity index (χ1v) is 3.77. The van der Waals surface area contributed by atoms with E-state index in [-0.39, 0.29) is 6.54 Å². The maximum atomic E-state index is 10.9. The minimum atomic E-state index is -0.890.